The maximum absolute atomic E-state index is 4.25. The van der Waals surface area contributed by atoms with Crippen molar-refractivity contribution in [1.82, 2.24) is 4.98 Å². The fourth-order valence-corrected chi connectivity index (χ4v) is 3.33. The molecule has 2 rings (SSSR count). The first-order valence-corrected chi connectivity index (χ1v) is 7.15. The van der Waals surface area contributed by atoms with Crippen LogP contribution >= 0.6 is 27.3 Å². The molecule has 0 aliphatic carbocycles. The minimum Gasteiger partial charge on any atom is -0.379 e. The van der Waals surface area contributed by atoms with E-state index in [0.717, 1.165) is 16.7 Å². The van der Waals surface area contributed by atoms with Gasteiger partial charge >= 0.3 is 0 Å². The number of halogens is 1. The van der Waals surface area contributed by atoms with E-state index in [9.17, 15) is 0 Å². The van der Waals surface area contributed by atoms with Crippen LogP contribution in [0.2, 0.25) is 0 Å². The molecule has 0 aliphatic heterocycles. The highest BCUT2D eigenvalue weighted by molar-refractivity contribution is 9.10. The van der Waals surface area contributed by atoms with E-state index < -0.39 is 0 Å². The molecule has 17 heavy (non-hydrogen) atoms. The Morgan fingerprint density at radius 3 is 2.65 bits per heavy atom. The summed E-state index contributed by atoms with van der Waals surface area (Å²) in [5.41, 5.74) is 6.71. The summed E-state index contributed by atoms with van der Waals surface area (Å²) in [5.74, 6) is 0. The number of thiazole rings is 1. The van der Waals surface area contributed by atoms with Gasteiger partial charge in [0.05, 0.1) is 23.4 Å². The predicted molar refractivity (Wildman–Crippen MR) is 77.8 cm³/mol. The highest BCUT2D eigenvalue weighted by Gasteiger charge is 2.06. The number of nitrogens with zero attached hydrogens (tertiary/aromatic N) is 1. The maximum Gasteiger partial charge on any atom is 0.0798 e. The van der Waals surface area contributed by atoms with Crippen LogP contribution in [0.1, 0.15) is 21.7 Å². The van der Waals surface area contributed by atoms with Gasteiger partial charge in [-0.3, -0.25) is 0 Å². The summed E-state index contributed by atoms with van der Waals surface area (Å²) in [5, 5.41) is 3.48. The van der Waals surface area contributed by atoms with Crippen molar-refractivity contribution >= 4 is 33.0 Å². The quantitative estimate of drug-likeness (QED) is 0.906. The van der Waals surface area contributed by atoms with Crippen LogP contribution < -0.4 is 5.32 Å². The lowest BCUT2D eigenvalue weighted by atomic mass is 10.1. The molecule has 1 aromatic heterocycles. The maximum atomic E-state index is 4.25. The van der Waals surface area contributed by atoms with Gasteiger partial charge in [-0.1, -0.05) is 6.07 Å². The van der Waals surface area contributed by atoms with Crippen LogP contribution in [-0.4, -0.2) is 4.98 Å². The van der Waals surface area contributed by atoms with Crippen molar-refractivity contribution in [3.8, 4) is 0 Å². The fraction of sp³-hybridized carbons (Fsp3) is 0.308. The summed E-state index contributed by atoms with van der Waals surface area (Å²) in [7, 11) is 0. The first-order valence-electron chi connectivity index (χ1n) is 5.47. The van der Waals surface area contributed by atoms with Gasteiger partial charge < -0.3 is 5.32 Å². The first-order chi connectivity index (χ1) is 8.08. The van der Waals surface area contributed by atoms with E-state index in [1.54, 1.807) is 11.3 Å². The van der Waals surface area contributed by atoms with Gasteiger partial charge in [-0.05, 0) is 53.9 Å². The topological polar surface area (TPSA) is 24.9 Å². The summed E-state index contributed by atoms with van der Waals surface area (Å²) in [6.45, 7) is 7.11. The monoisotopic (exact) mass is 310 g/mol. The number of aryl methyl sites for hydroxylation is 3. The molecule has 4 heteroatoms. The average Bonchev–Trinajstić information content (AvgIpc) is 2.62. The molecule has 1 aromatic carbocycles. The zero-order valence-corrected chi connectivity index (χ0v) is 12.6. The van der Waals surface area contributed by atoms with E-state index in [1.807, 2.05) is 12.4 Å². The van der Waals surface area contributed by atoms with Crippen LogP contribution in [0.5, 0.6) is 0 Å². The van der Waals surface area contributed by atoms with E-state index in [1.165, 1.54) is 21.7 Å². The lowest BCUT2D eigenvalue weighted by molar-refractivity contribution is 1.11. The Hall–Kier alpha value is -0.870. The molecule has 0 spiro atoms. The molecule has 0 saturated carbocycles. The normalized spacial score (nSPS) is 10.6. The van der Waals surface area contributed by atoms with Gasteiger partial charge in [-0.15, -0.1) is 11.3 Å². The summed E-state index contributed by atoms with van der Waals surface area (Å²) in [6, 6.07) is 4.32. The van der Waals surface area contributed by atoms with Gasteiger partial charge in [0.15, 0.2) is 0 Å². The van der Waals surface area contributed by atoms with Crippen LogP contribution in [0.4, 0.5) is 5.69 Å². The molecule has 0 radical (unpaired) electrons. The van der Waals surface area contributed by atoms with Gasteiger partial charge in [0, 0.05) is 9.35 Å². The highest BCUT2D eigenvalue weighted by Crippen LogP contribution is 2.28. The smallest absolute Gasteiger partial charge is 0.0798 e. The summed E-state index contributed by atoms with van der Waals surface area (Å²) in [4.78, 5) is 5.54. The Morgan fingerprint density at radius 2 is 2.06 bits per heavy atom. The number of hydrogen-bond donors (Lipinski definition) is 1. The molecule has 0 saturated heterocycles. The van der Waals surface area contributed by atoms with E-state index >= 15 is 0 Å². The van der Waals surface area contributed by atoms with Gasteiger partial charge in [-0.2, -0.15) is 0 Å². The van der Waals surface area contributed by atoms with Crippen LogP contribution in [0.15, 0.2) is 22.1 Å². The third-order valence-corrected chi connectivity index (χ3v) is 4.26. The third-order valence-electron chi connectivity index (χ3n) is 2.70. The molecule has 0 unspecified atom stereocenters. The zero-order chi connectivity index (χ0) is 12.4. The molecule has 0 atom stereocenters. The lowest BCUT2D eigenvalue weighted by Crippen LogP contribution is -2.02. The van der Waals surface area contributed by atoms with Crippen molar-refractivity contribution in [2.24, 2.45) is 0 Å². The number of nitrogens with one attached hydrogen (secondary N) is 1. The van der Waals surface area contributed by atoms with Crippen LogP contribution in [0.3, 0.4) is 0 Å². The highest BCUT2D eigenvalue weighted by atomic mass is 79.9. The molecule has 0 bridgehead atoms. The zero-order valence-electron chi connectivity index (χ0n) is 10.2. The van der Waals surface area contributed by atoms with Gasteiger partial charge in [0.1, 0.15) is 0 Å². The average molecular weight is 311 g/mol. The van der Waals surface area contributed by atoms with Crippen molar-refractivity contribution < 1.29 is 0 Å². The van der Waals surface area contributed by atoms with Crippen molar-refractivity contribution in [3.63, 3.8) is 0 Å². The third kappa shape index (κ3) is 2.87. The second-order valence-electron chi connectivity index (χ2n) is 4.15. The van der Waals surface area contributed by atoms with Crippen LogP contribution in [-0.2, 0) is 6.54 Å². The number of anilines is 1. The summed E-state index contributed by atoms with van der Waals surface area (Å²) >= 11 is 5.30. The Labute approximate surface area is 114 Å². The molecule has 90 valence electrons. The number of rotatable bonds is 3. The van der Waals surface area contributed by atoms with Gasteiger partial charge in [-0.25, -0.2) is 4.98 Å². The van der Waals surface area contributed by atoms with E-state index in [4.69, 9.17) is 0 Å². The van der Waals surface area contributed by atoms with Crippen molar-refractivity contribution in [2.75, 3.05) is 5.32 Å². The van der Waals surface area contributed by atoms with Gasteiger partial charge in [0.2, 0.25) is 0 Å². The Bertz CT molecular complexity index is 511. The van der Waals surface area contributed by atoms with Crippen molar-refractivity contribution in [2.45, 2.75) is 27.3 Å². The molecule has 0 aliphatic rings. The van der Waals surface area contributed by atoms with E-state index in [-0.39, 0.29) is 0 Å². The fourth-order valence-electron chi connectivity index (χ4n) is 1.80. The lowest BCUT2D eigenvalue weighted by Gasteiger charge is -2.12. The largest absolute Gasteiger partial charge is 0.379 e. The van der Waals surface area contributed by atoms with Crippen LogP contribution in [0.25, 0.3) is 0 Å². The minimum absolute atomic E-state index is 0.832. The van der Waals surface area contributed by atoms with Gasteiger partial charge in [0.25, 0.3) is 0 Å². The second-order valence-corrected chi connectivity index (χ2v) is 5.95. The molecule has 1 heterocycles. The molecule has 0 fully saturated rings. The van der Waals surface area contributed by atoms with Crippen LogP contribution in [0, 0.1) is 20.8 Å². The molecule has 0 amide bonds. The summed E-state index contributed by atoms with van der Waals surface area (Å²) in [6.07, 6.45) is 0. The van der Waals surface area contributed by atoms with Crippen molar-refractivity contribution in [3.05, 3.63) is 43.8 Å². The predicted octanol–water partition coefficient (Wildman–Crippen LogP) is 4.44. The van der Waals surface area contributed by atoms with Crippen molar-refractivity contribution in [1.29, 1.82) is 0 Å². The Kier molecular flexibility index (Phi) is 3.84. The van der Waals surface area contributed by atoms with E-state index in [2.05, 4.69) is 52.2 Å². The molecular formula is C13H15BrN2S. The number of benzene rings is 1. The SMILES string of the molecule is Cc1cc(C)c(NCc2scnc2C)c(Br)c1. The Balaban J connectivity index is 2.17. The number of hydrogen-bond acceptors (Lipinski definition) is 3. The minimum atomic E-state index is 0.832. The molecule has 2 aromatic rings. The molecule has 1 N–H and O–H groups in total. The molecular weight excluding hydrogens is 296 g/mol. The standard InChI is InChI=1S/C13H15BrN2S/c1-8-4-9(2)13(11(14)5-8)15-6-12-10(3)16-7-17-12/h4-5,7,15H,6H2,1-3H3. The second kappa shape index (κ2) is 5.19. The molecule has 2 nitrogen and oxygen atoms in total. The first kappa shape index (κ1) is 12.6. The number of aromatic nitrogens is 1. The van der Waals surface area contributed by atoms with E-state index in [0.29, 0.717) is 0 Å². The Morgan fingerprint density at radius 1 is 1.29 bits per heavy atom. The summed E-state index contributed by atoms with van der Waals surface area (Å²) < 4.78 is 1.12.